The molecule has 0 radical (unpaired) electrons. The molecule has 0 N–H and O–H groups in total. The summed E-state index contributed by atoms with van der Waals surface area (Å²) in [5, 5.41) is 5.34. The van der Waals surface area contributed by atoms with Gasteiger partial charge >= 0.3 is 0 Å². The van der Waals surface area contributed by atoms with Crippen molar-refractivity contribution in [1.82, 2.24) is 0 Å². The van der Waals surface area contributed by atoms with Gasteiger partial charge in [0.25, 0.3) is 0 Å². The Morgan fingerprint density at radius 2 is 1.10 bits per heavy atom. The van der Waals surface area contributed by atoms with E-state index in [1.165, 1.54) is 113 Å². The van der Waals surface area contributed by atoms with Crippen LogP contribution in [0.1, 0.15) is 69.9 Å². The molecule has 0 bridgehead atoms. The molecule has 1 fully saturated rings. The Hall–Kier alpha value is -5.18. The third-order valence-electron chi connectivity index (χ3n) is 11.2. The summed E-state index contributed by atoms with van der Waals surface area (Å²) in [6, 6.07) is 57.0. The summed E-state index contributed by atoms with van der Waals surface area (Å²) in [4.78, 5) is 2.56. The van der Waals surface area contributed by atoms with Gasteiger partial charge in [0, 0.05) is 31.3 Å². The lowest BCUT2D eigenvalue weighted by atomic mass is 9.80. The van der Waals surface area contributed by atoms with Gasteiger partial charge in [-0.05, 0) is 87.5 Å². The van der Waals surface area contributed by atoms with E-state index in [2.05, 4.69) is 177 Å². The fourth-order valence-corrected chi connectivity index (χ4v) is 9.77. The smallest absolute Gasteiger partial charge is 0.0555 e. The highest BCUT2D eigenvalue weighted by Gasteiger charge is 2.26. The van der Waals surface area contributed by atoms with Crippen LogP contribution in [-0.4, -0.2) is 0 Å². The van der Waals surface area contributed by atoms with Crippen LogP contribution in [0, 0.1) is 0 Å². The molecule has 8 aromatic rings. The fourth-order valence-electron chi connectivity index (χ4n) is 8.64. The molecule has 52 heavy (non-hydrogen) atoms. The lowest BCUT2D eigenvalue weighted by molar-refractivity contribution is 0.445. The van der Waals surface area contributed by atoms with Crippen molar-refractivity contribution in [3.63, 3.8) is 0 Å². The molecule has 1 aliphatic rings. The average molecular weight is 692 g/mol. The Kier molecular flexibility index (Phi) is 8.44. The molecule has 256 valence electrons. The van der Waals surface area contributed by atoms with Gasteiger partial charge in [-0.25, -0.2) is 0 Å². The first-order valence-electron chi connectivity index (χ1n) is 19.0. The lowest BCUT2D eigenvalue weighted by Crippen LogP contribution is -2.13. The van der Waals surface area contributed by atoms with E-state index in [1.54, 1.807) is 0 Å². The van der Waals surface area contributed by atoms with Gasteiger partial charge in [0.2, 0.25) is 0 Å². The maximum absolute atomic E-state index is 2.56. The van der Waals surface area contributed by atoms with E-state index in [1.807, 2.05) is 11.3 Å². The first-order valence-corrected chi connectivity index (χ1v) is 19.8. The van der Waals surface area contributed by atoms with Crippen LogP contribution >= 0.6 is 11.3 Å². The van der Waals surface area contributed by atoms with Crippen LogP contribution in [0.25, 0.3) is 53.2 Å². The summed E-state index contributed by atoms with van der Waals surface area (Å²) in [7, 11) is 0. The zero-order valence-electron chi connectivity index (χ0n) is 30.4. The summed E-state index contributed by atoms with van der Waals surface area (Å²) in [5.74, 6) is 0.601. The largest absolute Gasteiger partial charge is 0.309 e. The second kappa shape index (κ2) is 13.4. The lowest BCUT2D eigenvalue weighted by Gasteiger charge is -2.31. The van der Waals surface area contributed by atoms with E-state index < -0.39 is 0 Å². The van der Waals surface area contributed by atoms with Crippen molar-refractivity contribution in [2.75, 3.05) is 4.90 Å². The van der Waals surface area contributed by atoms with Gasteiger partial charge in [0.1, 0.15) is 0 Å². The van der Waals surface area contributed by atoms with E-state index >= 15 is 0 Å². The predicted molar refractivity (Wildman–Crippen MR) is 227 cm³/mol. The molecular weight excluding hydrogens is 647 g/mol. The normalized spacial score (nSPS) is 14.0. The third kappa shape index (κ3) is 5.80. The van der Waals surface area contributed by atoms with Crippen LogP contribution in [0.3, 0.4) is 0 Å². The summed E-state index contributed by atoms with van der Waals surface area (Å²) < 4.78 is 2.62. The number of nitrogens with zero attached hydrogens (tertiary/aromatic N) is 1. The van der Waals surface area contributed by atoms with Gasteiger partial charge in [-0.2, -0.15) is 0 Å². The number of benzene rings is 7. The minimum Gasteiger partial charge on any atom is -0.309 e. The molecule has 0 amide bonds. The number of hydrogen-bond donors (Lipinski definition) is 0. The summed E-state index contributed by atoms with van der Waals surface area (Å²) in [6.07, 6.45) is 6.54. The second-order valence-corrected chi connectivity index (χ2v) is 16.6. The van der Waals surface area contributed by atoms with E-state index in [9.17, 15) is 0 Å². The number of hydrogen-bond acceptors (Lipinski definition) is 2. The summed E-state index contributed by atoms with van der Waals surface area (Å²) >= 11 is 1.88. The van der Waals surface area contributed by atoms with Gasteiger partial charge < -0.3 is 4.90 Å². The van der Waals surface area contributed by atoms with Gasteiger partial charge in [-0.15, -0.1) is 11.3 Å². The molecule has 1 aromatic heterocycles. The van der Waals surface area contributed by atoms with E-state index in [0.717, 1.165) is 0 Å². The molecule has 1 saturated carbocycles. The topological polar surface area (TPSA) is 3.24 Å². The number of thiophene rings is 1. The fraction of sp³-hybridized carbons (Fsp3) is 0.200. The van der Waals surface area contributed by atoms with Gasteiger partial charge in [0.05, 0.1) is 17.1 Å². The maximum Gasteiger partial charge on any atom is 0.0555 e. The van der Waals surface area contributed by atoms with Crippen molar-refractivity contribution in [2.45, 2.75) is 64.2 Å². The van der Waals surface area contributed by atoms with Crippen molar-refractivity contribution < 1.29 is 0 Å². The van der Waals surface area contributed by atoms with Crippen molar-refractivity contribution in [2.24, 2.45) is 0 Å². The number of anilines is 3. The number of fused-ring (bicyclic) bond motifs is 4. The Morgan fingerprint density at radius 1 is 0.500 bits per heavy atom. The second-order valence-electron chi connectivity index (χ2n) is 15.5. The predicted octanol–water partition coefficient (Wildman–Crippen LogP) is 15.4. The minimum absolute atomic E-state index is 0.0909. The molecule has 9 rings (SSSR count). The van der Waals surface area contributed by atoms with Crippen LogP contribution in [0.2, 0.25) is 0 Å². The zero-order valence-corrected chi connectivity index (χ0v) is 31.2. The Bertz CT molecular complexity index is 2540. The van der Waals surface area contributed by atoms with E-state index in [0.29, 0.717) is 5.92 Å². The van der Waals surface area contributed by atoms with Crippen LogP contribution < -0.4 is 4.90 Å². The molecule has 2 heteroatoms. The molecule has 0 atom stereocenters. The third-order valence-corrected chi connectivity index (χ3v) is 12.4. The number of para-hydroxylation sites is 2. The van der Waals surface area contributed by atoms with Gasteiger partial charge in [-0.3, -0.25) is 0 Å². The molecule has 1 heterocycles. The van der Waals surface area contributed by atoms with Crippen molar-refractivity contribution in [3.05, 3.63) is 163 Å². The maximum atomic E-state index is 2.56. The summed E-state index contributed by atoms with van der Waals surface area (Å²) in [5.41, 5.74) is 11.5. The molecule has 1 aliphatic carbocycles. The highest BCUT2D eigenvalue weighted by atomic mass is 32.1. The van der Waals surface area contributed by atoms with Crippen molar-refractivity contribution >= 4 is 59.3 Å². The minimum atomic E-state index is 0.0909. The average Bonchev–Trinajstić information content (AvgIpc) is 3.58. The first kappa shape index (κ1) is 32.7. The van der Waals surface area contributed by atoms with Gasteiger partial charge in [0.15, 0.2) is 0 Å². The van der Waals surface area contributed by atoms with Crippen LogP contribution in [0.5, 0.6) is 0 Å². The quantitative estimate of drug-likeness (QED) is 0.168. The molecule has 7 aromatic carbocycles. The van der Waals surface area contributed by atoms with Crippen molar-refractivity contribution in [3.8, 4) is 22.3 Å². The summed E-state index contributed by atoms with van der Waals surface area (Å²) in [6.45, 7) is 6.86. The SMILES string of the molecule is CC(C)(C)c1ccc(-c2ccccc2N(c2ccccc2-c2cccc3cccc(C4CCCCC4)c23)c2cccc3sc4ccccc4c23)cc1. The van der Waals surface area contributed by atoms with Crippen molar-refractivity contribution in [1.29, 1.82) is 0 Å². The van der Waals surface area contributed by atoms with E-state index in [-0.39, 0.29) is 5.41 Å². The zero-order chi connectivity index (χ0) is 35.2. The molecule has 0 saturated heterocycles. The highest BCUT2D eigenvalue weighted by molar-refractivity contribution is 7.26. The Morgan fingerprint density at radius 3 is 1.87 bits per heavy atom. The van der Waals surface area contributed by atoms with Crippen LogP contribution in [0.15, 0.2) is 152 Å². The van der Waals surface area contributed by atoms with E-state index in [4.69, 9.17) is 0 Å². The number of rotatable bonds is 6. The van der Waals surface area contributed by atoms with Crippen LogP contribution in [0.4, 0.5) is 17.1 Å². The molecule has 0 spiro atoms. The Labute approximate surface area is 312 Å². The highest BCUT2D eigenvalue weighted by Crippen LogP contribution is 2.50. The molecule has 0 aliphatic heterocycles. The van der Waals surface area contributed by atoms with Crippen LogP contribution in [-0.2, 0) is 5.41 Å². The molecule has 1 nitrogen and oxygen atoms in total. The monoisotopic (exact) mass is 691 g/mol. The Balaban J connectivity index is 1.33. The first-order chi connectivity index (χ1) is 25.5. The molecular formula is C50H45NS. The van der Waals surface area contributed by atoms with Gasteiger partial charge in [-0.1, -0.05) is 161 Å². The molecule has 0 unspecified atom stereocenters. The standard InChI is InChI=1S/C50H45NS/c1-50(2,3)37-32-30-35(31-33-37)38-20-7-10-25-43(38)51(45-27-15-29-47-49(45)42-22-9-12-28-46(42)52-47)44-26-11-8-21-40(44)41-24-14-19-36-18-13-23-39(48(36)41)34-16-5-4-6-17-34/h7-15,18-34H,4-6,16-17H2,1-3H3.